The van der Waals surface area contributed by atoms with Crippen molar-refractivity contribution in [1.82, 2.24) is 10.2 Å². The van der Waals surface area contributed by atoms with Crippen LogP contribution in [0.5, 0.6) is 0 Å². The van der Waals surface area contributed by atoms with E-state index in [2.05, 4.69) is 9.71 Å². The first kappa shape index (κ1) is 23.5. The molecule has 1 N–H and O–H groups in total. The molecule has 2 aromatic rings. The fraction of sp³-hybridized carbons (Fsp3) is 0.360. The van der Waals surface area contributed by atoms with E-state index in [-0.39, 0.29) is 11.8 Å². The Balaban J connectivity index is 1.43. The summed E-state index contributed by atoms with van der Waals surface area (Å²) in [4.78, 5) is 15.0. The van der Waals surface area contributed by atoms with Gasteiger partial charge in [-0.05, 0) is 49.4 Å². The van der Waals surface area contributed by atoms with Crippen molar-refractivity contribution < 1.29 is 13.2 Å². The zero-order valence-corrected chi connectivity index (χ0v) is 20.4. The number of amidine groups is 1. The van der Waals surface area contributed by atoms with Crippen LogP contribution in [0.2, 0.25) is 5.02 Å². The number of carbonyl (C=O) groups excluding carboxylic acids is 1. The van der Waals surface area contributed by atoms with Crippen molar-refractivity contribution in [3.63, 3.8) is 0 Å². The number of sulfonamides is 1. The zero-order valence-electron chi connectivity index (χ0n) is 18.8. The van der Waals surface area contributed by atoms with Crippen LogP contribution in [0.15, 0.2) is 58.5 Å². The minimum atomic E-state index is -3.75. The van der Waals surface area contributed by atoms with Gasteiger partial charge in [-0.25, -0.2) is 0 Å². The predicted octanol–water partition coefficient (Wildman–Crippen LogP) is 4.54. The van der Waals surface area contributed by atoms with Gasteiger partial charge < -0.3 is 10.2 Å². The SMILES string of the molecule is CCC1=C(c2ccc(C)cc2)S(=O)(=O)N=C1N1CCC(C(=O)NCc2ccc(Cl)cc2)CC1. The maximum atomic E-state index is 12.9. The second-order valence-corrected chi connectivity index (χ2v) is 10.5. The molecule has 1 fully saturated rings. The number of hydrogen-bond acceptors (Lipinski definition) is 4. The number of rotatable bonds is 5. The van der Waals surface area contributed by atoms with Gasteiger partial charge in [0.05, 0.1) is 0 Å². The quantitative estimate of drug-likeness (QED) is 0.674. The molecule has 6 nitrogen and oxygen atoms in total. The number of hydrogen-bond donors (Lipinski definition) is 1. The number of halogens is 1. The van der Waals surface area contributed by atoms with Crippen LogP contribution in [0, 0.1) is 12.8 Å². The van der Waals surface area contributed by atoms with E-state index in [1.54, 1.807) is 0 Å². The van der Waals surface area contributed by atoms with Gasteiger partial charge in [-0.15, -0.1) is 4.40 Å². The summed E-state index contributed by atoms with van der Waals surface area (Å²) in [6.07, 6.45) is 1.88. The molecule has 0 saturated carbocycles. The second kappa shape index (κ2) is 9.69. The number of likely N-dealkylation sites (tertiary alicyclic amines) is 1. The highest BCUT2D eigenvalue weighted by molar-refractivity contribution is 8.00. The molecule has 2 aliphatic rings. The Bertz CT molecular complexity index is 1190. The molecular weight excluding hydrogens is 458 g/mol. The first-order chi connectivity index (χ1) is 15.8. The fourth-order valence-corrected chi connectivity index (χ4v) is 6.01. The van der Waals surface area contributed by atoms with Crippen LogP contribution in [0.3, 0.4) is 0 Å². The summed E-state index contributed by atoms with van der Waals surface area (Å²) in [5.41, 5.74) is 3.50. The maximum absolute atomic E-state index is 12.9. The van der Waals surface area contributed by atoms with Gasteiger partial charge in [0, 0.05) is 36.1 Å². The van der Waals surface area contributed by atoms with Crippen LogP contribution in [-0.2, 0) is 21.4 Å². The molecule has 0 spiro atoms. The summed E-state index contributed by atoms with van der Waals surface area (Å²) >= 11 is 5.91. The van der Waals surface area contributed by atoms with Crippen LogP contribution in [0.25, 0.3) is 4.91 Å². The first-order valence-electron chi connectivity index (χ1n) is 11.2. The van der Waals surface area contributed by atoms with Crippen molar-refractivity contribution in [3.05, 3.63) is 75.8 Å². The Hall–Kier alpha value is -2.64. The summed E-state index contributed by atoms with van der Waals surface area (Å²) in [6.45, 7) is 5.58. The van der Waals surface area contributed by atoms with Gasteiger partial charge in [0.2, 0.25) is 5.91 Å². The molecule has 33 heavy (non-hydrogen) atoms. The van der Waals surface area contributed by atoms with Gasteiger partial charge in [0.1, 0.15) is 10.7 Å². The summed E-state index contributed by atoms with van der Waals surface area (Å²) in [5.74, 6) is 0.461. The molecule has 2 aliphatic heterocycles. The third-order valence-corrected chi connectivity index (χ3v) is 7.88. The molecule has 4 rings (SSSR count). The highest BCUT2D eigenvalue weighted by Gasteiger charge is 2.36. The summed E-state index contributed by atoms with van der Waals surface area (Å²) in [7, 11) is -3.75. The summed E-state index contributed by atoms with van der Waals surface area (Å²) < 4.78 is 30.0. The number of piperidine rings is 1. The summed E-state index contributed by atoms with van der Waals surface area (Å²) in [6, 6.07) is 14.9. The Morgan fingerprint density at radius 3 is 2.33 bits per heavy atom. The van der Waals surface area contributed by atoms with Gasteiger partial charge in [0.15, 0.2) is 0 Å². The van der Waals surface area contributed by atoms with Crippen molar-refractivity contribution in [1.29, 1.82) is 0 Å². The minimum absolute atomic E-state index is 0.0252. The average Bonchev–Trinajstić information content (AvgIpc) is 3.09. The highest BCUT2D eigenvalue weighted by atomic mass is 35.5. The van der Waals surface area contributed by atoms with E-state index < -0.39 is 10.0 Å². The molecule has 0 unspecified atom stereocenters. The van der Waals surface area contributed by atoms with E-state index in [4.69, 9.17) is 11.6 Å². The molecule has 0 atom stereocenters. The van der Waals surface area contributed by atoms with Gasteiger partial charge in [0.25, 0.3) is 10.0 Å². The number of nitrogens with one attached hydrogen (secondary N) is 1. The number of nitrogens with zero attached hydrogens (tertiary/aromatic N) is 2. The number of carbonyl (C=O) groups is 1. The molecule has 0 bridgehead atoms. The topological polar surface area (TPSA) is 78.8 Å². The largest absolute Gasteiger partial charge is 0.356 e. The molecule has 8 heteroatoms. The van der Waals surface area contributed by atoms with E-state index in [1.807, 2.05) is 67.3 Å². The van der Waals surface area contributed by atoms with Crippen LogP contribution >= 0.6 is 11.6 Å². The molecule has 2 aromatic carbocycles. The van der Waals surface area contributed by atoms with Crippen molar-refractivity contribution in [2.75, 3.05) is 13.1 Å². The summed E-state index contributed by atoms with van der Waals surface area (Å²) in [5, 5.41) is 3.67. The van der Waals surface area contributed by atoms with Crippen LogP contribution in [0.1, 0.15) is 42.9 Å². The van der Waals surface area contributed by atoms with Crippen molar-refractivity contribution in [2.24, 2.45) is 10.3 Å². The highest BCUT2D eigenvalue weighted by Crippen LogP contribution is 2.36. The van der Waals surface area contributed by atoms with E-state index in [0.717, 1.165) is 16.7 Å². The Morgan fingerprint density at radius 2 is 1.73 bits per heavy atom. The van der Waals surface area contributed by atoms with E-state index in [1.165, 1.54) is 0 Å². The molecule has 1 saturated heterocycles. The lowest BCUT2D eigenvalue weighted by Crippen LogP contribution is -2.43. The Morgan fingerprint density at radius 1 is 1.09 bits per heavy atom. The lowest BCUT2D eigenvalue weighted by Gasteiger charge is -2.33. The van der Waals surface area contributed by atoms with Gasteiger partial charge in [-0.2, -0.15) is 8.42 Å². The normalized spacial score (nSPS) is 18.4. The third-order valence-electron chi connectivity index (χ3n) is 6.22. The monoisotopic (exact) mass is 485 g/mol. The van der Waals surface area contributed by atoms with Crippen molar-refractivity contribution >= 4 is 38.3 Å². The first-order valence-corrected chi connectivity index (χ1v) is 13.0. The molecule has 1 amide bonds. The maximum Gasteiger partial charge on any atom is 0.285 e. The molecule has 174 valence electrons. The smallest absolute Gasteiger partial charge is 0.285 e. The van der Waals surface area contributed by atoms with Gasteiger partial charge >= 0.3 is 0 Å². The lowest BCUT2D eigenvalue weighted by molar-refractivity contribution is -0.126. The van der Waals surface area contributed by atoms with E-state index in [0.29, 0.717) is 60.2 Å². The number of benzene rings is 2. The van der Waals surface area contributed by atoms with E-state index in [9.17, 15) is 13.2 Å². The van der Waals surface area contributed by atoms with Crippen LogP contribution < -0.4 is 5.32 Å². The molecular formula is C25H28ClN3O3S. The van der Waals surface area contributed by atoms with Crippen LogP contribution in [0.4, 0.5) is 0 Å². The number of aryl methyl sites for hydroxylation is 1. The minimum Gasteiger partial charge on any atom is -0.356 e. The Kier molecular flexibility index (Phi) is 6.91. The predicted molar refractivity (Wildman–Crippen MR) is 132 cm³/mol. The number of amides is 1. The standard InChI is InChI=1S/C25H28ClN3O3S/c1-3-22-23(19-8-4-17(2)5-9-19)33(31,32)28-24(22)29-14-12-20(13-15-29)25(30)27-16-18-6-10-21(26)11-7-18/h4-11,20H,3,12-16H2,1-2H3,(H,27,30). The van der Waals surface area contributed by atoms with Crippen LogP contribution in [-0.4, -0.2) is 38.2 Å². The molecule has 0 aliphatic carbocycles. The molecule has 2 heterocycles. The van der Waals surface area contributed by atoms with Crippen molar-refractivity contribution in [3.8, 4) is 0 Å². The van der Waals surface area contributed by atoms with Gasteiger partial charge in [-0.3, -0.25) is 4.79 Å². The average molecular weight is 486 g/mol. The zero-order chi connectivity index (χ0) is 23.6. The van der Waals surface area contributed by atoms with Gasteiger partial charge in [-0.1, -0.05) is 60.5 Å². The molecule has 0 aromatic heterocycles. The lowest BCUT2D eigenvalue weighted by atomic mass is 9.94. The Labute approximate surface area is 200 Å². The fourth-order valence-electron chi connectivity index (χ4n) is 4.36. The second-order valence-electron chi connectivity index (χ2n) is 8.52. The third kappa shape index (κ3) is 5.14. The van der Waals surface area contributed by atoms with Crippen molar-refractivity contribution in [2.45, 2.75) is 39.7 Å². The molecule has 0 radical (unpaired) electrons. The van der Waals surface area contributed by atoms with E-state index >= 15 is 0 Å².